The summed E-state index contributed by atoms with van der Waals surface area (Å²) in [5.74, 6) is 0.465. The van der Waals surface area contributed by atoms with E-state index in [-0.39, 0.29) is 12.5 Å². The number of carbonyl (C=O) groups is 1. The van der Waals surface area contributed by atoms with Gasteiger partial charge in [-0.1, -0.05) is 0 Å². The second kappa shape index (κ2) is 5.98. The molecule has 82 valence electrons. The van der Waals surface area contributed by atoms with Gasteiger partial charge >= 0.3 is 0 Å². The van der Waals surface area contributed by atoms with Crippen molar-refractivity contribution in [3.8, 4) is 5.88 Å². The van der Waals surface area contributed by atoms with Gasteiger partial charge in [0.15, 0.2) is 0 Å². The van der Waals surface area contributed by atoms with Crippen LogP contribution < -0.4 is 15.4 Å². The number of nitrogens with one attached hydrogen (secondary N) is 2. The number of ether oxygens (including phenoxy) is 1. The third-order valence-corrected chi connectivity index (χ3v) is 1.65. The maximum Gasteiger partial charge on any atom is 0.238 e. The molecule has 15 heavy (non-hydrogen) atoms. The van der Waals surface area contributed by atoms with Crippen molar-refractivity contribution in [3.05, 3.63) is 18.3 Å². The van der Waals surface area contributed by atoms with Crippen molar-refractivity contribution in [2.75, 3.05) is 25.5 Å². The third-order valence-electron chi connectivity index (χ3n) is 1.65. The summed E-state index contributed by atoms with van der Waals surface area (Å²) in [6.45, 7) is 2.76. The maximum atomic E-state index is 11.2. The molecule has 0 radical (unpaired) electrons. The van der Waals surface area contributed by atoms with Gasteiger partial charge in [0, 0.05) is 6.07 Å². The first-order valence-electron chi connectivity index (χ1n) is 4.79. The van der Waals surface area contributed by atoms with E-state index in [0.29, 0.717) is 18.2 Å². The van der Waals surface area contributed by atoms with Crippen molar-refractivity contribution in [2.45, 2.75) is 6.92 Å². The Morgan fingerprint density at radius 1 is 1.53 bits per heavy atom. The quantitative estimate of drug-likeness (QED) is 0.747. The predicted molar refractivity (Wildman–Crippen MR) is 58.0 cm³/mol. The molecule has 5 nitrogen and oxygen atoms in total. The van der Waals surface area contributed by atoms with Gasteiger partial charge in [-0.3, -0.25) is 4.79 Å². The van der Waals surface area contributed by atoms with Crippen molar-refractivity contribution in [3.63, 3.8) is 0 Å². The van der Waals surface area contributed by atoms with Gasteiger partial charge < -0.3 is 15.4 Å². The lowest BCUT2D eigenvalue weighted by Gasteiger charge is -2.05. The van der Waals surface area contributed by atoms with E-state index in [4.69, 9.17) is 4.74 Å². The minimum absolute atomic E-state index is 0.0940. The van der Waals surface area contributed by atoms with Crippen LogP contribution in [0.25, 0.3) is 0 Å². The minimum Gasteiger partial charge on any atom is -0.478 e. The summed E-state index contributed by atoms with van der Waals surface area (Å²) in [6, 6.07) is 3.48. The van der Waals surface area contributed by atoms with Crippen LogP contribution in [0.15, 0.2) is 18.3 Å². The van der Waals surface area contributed by atoms with Crippen LogP contribution in [0.2, 0.25) is 0 Å². The molecule has 5 heteroatoms. The molecule has 1 heterocycles. The average Bonchev–Trinajstić information content (AvgIpc) is 2.22. The molecular weight excluding hydrogens is 194 g/mol. The molecule has 0 unspecified atom stereocenters. The number of pyridine rings is 1. The Morgan fingerprint density at radius 3 is 2.87 bits per heavy atom. The summed E-state index contributed by atoms with van der Waals surface area (Å²) >= 11 is 0. The zero-order chi connectivity index (χ0) is 11.1. The first kappa shape index (κ1) is 11.5. The Bertz CT molecular complexity index is 311. The number of carbonyl (C=O) groups excluding carboxylic acids is 1. The highest BCUT2D eigenvalue weighted by atomic mass is 16.5. The lowest BCUT2D eigenvalue weighted by molar-refractivity contribution is -0.115. The summed E-state index contributed by atoms with van der Waals surface area (Å²) in [6.07, 6.45) is 1.57. The van der Waals surface area contributed by atoms with Crippen LogP contribution in [-0.2, 0) is 4.79 Å². The molecule has 0 aliphatic heterocycles. The molecule has 1 rings (SSSR count). The van der Waals surface area contributed by atoms with Gasteiger partial charge in [-0.2, -0.15) is 0 Å². The van der Waals surface area contributed by atoms with Crippen molar-refractivity contribution in [2.24, 2.45) is 0 Å². The summed E-state index contributed by atoms with van der Waals surface area (Å²) in [5.41, 5.74) is 0.665. The summed E-state index contributed by atoms with van der Waals surface area (Å²) in [7, 11) is 1.72. The average molecular weight is 209 g/mol. The molecule has 0 saturated carbocycles. The van der Waals surface area contributed by atoms with E-state index < -0.39 is 0 Å². The number of hydrogen-bond donors (Lipinski definition) is 2. The smallest absolute Gasteiger partial charge is 0.238 e. The van der Waals surface area contributed by atoms with Crippen LogP contribution >= 0.6 is 0 Å². The summed E-state index contributed by atoms with van der Waals surface area (Å²) < 4.78 is 5.18. The molecule has 0 aliphatic rings. The predicted octanol–water partition coefficient (Wildman–Crippen LogP) is 0.638. The first-order valence-corrected chi connectivity index (χ1v) is 4.79. The molecule has 0 aromatic carbocycles. The molecule has 1 aromatic rings. The molecule has 1 aromatic heterocycles. The van der Waals surface area contributed by atoms with Crippen molar-refractivity contribution >= 4 is 11.6 Å². The number of nitrogens with zero attached hydrogens (tertiary/aromatic N) is 1. The molecule has 1 amide bonds. The van der Waals surface area contributed by atoms with E-state index in [1.54, 1.807) is 25.4 Å². The number of likely N-dealkylation sites (N-methyl/N-ethyl adjacent to an activating group) is 1. The van der Waals surface area contributed by atoms with Gasteiger partial charge in [0.05, 0.1) is 25.0 Å². The van der Waals surface area contributed by atoms with Crippen LogP contribution in [-0.4, -0.2) is 31.1 Å². The second-order valence-corrected chi connectivity index (χ2v) is 2.90. The second-order valence-electron chi connectivity index (χ2n) is 2.90. The molecule has 0 fully saturated rings. The fraction of sp³-hybridized carbons (Fsp3) is 0.400. The molecule has 0 bridgehead atoms. The van der Waals surface area contributed by atoms with Crippen LogP contribution in [0, 0.1) is 0 Å². The third kappa shape index (κ3) is 3.95. The van der Waals surface area contributed by atoms with Gasteiger partial charge in [0.1, 0.15) is 0 Å². The zero-order valence-corrected chi connectivity index (χ0v) is 8.91. The normalized spacial score (nSPS) is 9.73. The Hall–Kier alpha value is -1.62. The van der Waals surface area contributed by atoms with Crippen LogP contribution in [0.4, 0.5) is 5.69 Å². The Balaban J connectivity index is 2.52. The highest BCUT2D eigenvalue weighted by Crippen LogP contribution is 2.10. The molecule has 2 N–H and O–H groups in total. The monoisotopic (exact) mass is 209 g/mol. The van der Waals surface area contributed by atoms with E-state index in [0.717, 1.165) is 0 Å². The standard InChI is InChI=1S/C10H15N3O2/c1-3-15-10-5-4-8(6-12-10)13-9(14)7-11-2/h4-6,11H,3,7H2,1-2H3,(H,13,14). The summed E-state index contributed by atoms with van der Waals surface area (Å²) in [4.78, 5) is 15.2. The van der Waals surface area contributed by atoms with Gasteiger partial charge in [0.2, 0.25) is 11.8 Å². The fourth-order valence-corrected chi connectivity index (χ4v) is 1.05. The van der Waals surface area contributed by atoms with Gasteiger partial charge in [0.25, 0.3) is 0 Å². The van der Waals surface area contributed by atoms with Gasteiger partial charge in [-0.05, 0) is 20.0 Å². The molecular formula is C10H15N3O2. The van der Waals surface area contributed by atoms with Crippen molar-refractivity contribution in [1.82, 2.24) is 10.3 Å². The Labute approximate surface area is 88.9 Å². The molecule has 0 aliphatic carbocycles. The SMILES string of the molecule is CCOc1ccc(NC(=O)CNC)cn1. The Morgan fingerprint density at radius 2 is 2.33 bits per heavy atom. The minimum atomic E-state index is -0.0940. The number of rotatable bonds is 5. The molecule has 0 atom stereocenters. The number of amides is 1. The van der Waals surface area contributed by atoms with Gasteiger partial charge in [-0.15, -0.1) is 0 Å². The fourth-order valence-electron chi connectivity index (χ4n) is 1.05. The van der Waals surface area contributed by atoms with Crippen LogP contribution in [0.1, 0.15) is 6.92 Å². The molecule has 0 spiro atoms. The van der Waals surface area contributed by atoms with E-state index in [9.17, 15) is 4.79 Å². The number of anilines is 1. The van der Waals surface area contributed by atoms with E-state index in [1.807, 2.05) is 6.92 Å². The van der Waals surface area contributed by atoms with Crippen molar-refractivity contribution < 1.29 is 9.53 Å². The van der Waals surface area contributed by atoms with Gasteiger partial charge in [-0.25, -0.2) is 4.98 Å². The molecule has 0 saturated heterocycles. The zero-order valence-electron chi connectivity index (χ0n) is 8.91. The lowest BCUT2D eigenvalue weighted by Crippen LogP contribution is -2.25. The highest BCUT2D eigenvalue weighted by molar-refractivity contribution is 5.92. The topological polar surface area (TPSA) is 63.2 Å². The highest BCUT2D eigenvalue weighted by Gasteiger charge is 2.00. The van der Waals surface area contributed by atoms with Crippen molar-refractivity contribution in [1.29, 1.82) is 0 Å². The summed E-state index contributed by atoms with van der Waals surface area (Å²) in [5, 5.41) is 5.45. The first-order chi connectivity index (χ1) is 7.26. The largest absolute Gasteiger partial charge is 0.478 e. The van der Waals surface area contributed by atoms with E-state index in [1.165, 1.54) is 0 Å². The maximum absolute atomic E-state index is 11.2. The number of aromatic nitrogens is 1. The van der Waals surface area contributed by atoms with Crippen LogP contribution in [0.5, 0.6) is 5.88 Å². The van der Waals surface area contributed by atoms with E-state index >= 15 is 0 Å². The lowest BCUT2D eigenvalue weighted by atomic mass is 10.4. The van der Waals surface area contributed by atoms with Crippen LogP contribution in [0.3, 0.4) is 0 Å². The Kier molecular flexibility index (Phi) is 4.56. The van der Waals surface area contributed by atoms with E-state index in [2.05, 4.69) is 15.6 Å². The number of hydrogen-bond acceptors (Lipinski definition) is 4.